The molecule has 1 aliphatic heterocycles. The molecule has 0 saturated heterocycles. The van der Waals surface area contributed by atoms with Crippen LogP contribution in [0.15, 0.2) is 18.5 Å². The summed E-state index contributed by atoms with van der Waals surface area (Å²) in [6.45, 7) is 0.277. The van der Waals surface area contributed by atoms with Gasteiger partial charge in [-0.05, 0) is 36.5 Å². The molecule has 0 spiro atoms. The van der Waals surface area contributed by atoms with Gasteiger partial charge in [0, 0.05) is 11.6 Å². The third-order valence-electron chi connectivity index (χ3n) is 5.65. The van der Waals surface area contributed by atoms with Gasteiger partial charge in [-0.25, -0.2) is 4.98 Å². The third kappa shape index (κ3) is 2.02. The van der Waals surface area contributed by atoms with Gasteiger partial charge >= 0.3 is 6.18 Å². The molecule has 0 radical (unpaired) electrons. The van der Waals surface area contributed by atoms with E-state index in [0.717, 1.165) is 16.5 Å². The zero-order valence-corrected chi connectivity index (χ0v) is 14.3. The van der Waals surface area contributed by atoms with E-state index in [-0.39, 0.29) is 25.1 Å². The van der Waals surface area contributed by atoms with Crippen molar-refractivity contribution >= 4 is 22.5 Å². The number of nitrogens with zero attached hydrogens (tertiary/aromatic N) is 3. The van der Waals surface area contributed by atoms with Crippen molar-refractivity contribution in [3.8, 4) is 0 Å². The van der Waals surface area contributed by atoms with Crippen LogP contribution in [0.25, 0.3) is 10.9 Å². The predicted octanol–water partition coefficient (Wildman–Crippen LogP) is 3.61. The maximum absolute atomic E-state index is 13.7. The normalized spacial score (nSPS) is 21.3. The molecule has 3 heterocycles. The van der Waals surface area contributed by atoms with Gasteiger partial charge in [0.2, 0.25) is 0 Å². The minimum Gasteiger partial charge on any atom is -0.325 e. The minimum atomic E-state index is -4.30. The fraction of sp³-hybridized carbons (Fsp3) is 0.412. The molecule has 136 valence electrons. The topological polar surface area (TPSA) is 72.5 Å². The zero-order valence-electron chi connectivity index (χ0n) is 13.6. The third-order valence-corrected chi connectivity index (χ3v) is 5.95. The molecule has 0 unspecified atom stereocenters. The van der Waals surface area contributed by atoms with E-state index >= 15 is 0 Å². The van der Waals surface area contributed by atoms with Gasteiger partial charge in [-0.1, -0.05) is 11.6 Å². The average molecular weight is 382 g/mol. The average Bonchev–Trinajstić information content (AvgIpc) is 3.09. The molecule has 9 heteroatoms. The molecule has 2 aromatic heterocycles. The van der Waals surface area contributed by atoms with Crippen LogP contribution in [0.2, 0.25) is 5.02 Å². The van der Waals surface area contributed by atoms with E-state index < -0.39 is 17.6 Å². The maximum atomic E-state index is 13.7. The Morgan fingerprint density at radius 3 is 2.77 bits per heavy atom. The van der Waals surface area contributed by atoms with Crippen molar-refractivity contribution in [1.29, 1.82) is 0 Å². The monoisotopic (exact) mass is 381 g/mol. The molecule has 1 saturated carbocycles. The van der Waals surface area contributed by atoms with Gasteiger partial charge in [0.25, 0.3) is 0 Å². The number of alkyl halides is 3. The first-order valence-electron chi connectivity index (χ1n) is 8.33. The van der Waals surface area contributed by atoms with Crippen LogP contribution in [-0.2, 0) is 18.4 Å². The number of H-pyrrole nitrogens is 1. The van der Waals surface area contributed by atoms with E-state index in [1.54, 1.807) is 10.8 Å². The lowest BCUT2D eigenvalue weighted by Gasteiger charge is -2.22. The van der Waals surface area contributed by atoms with Gasteiger partial charge in [0.1, 0.15) is 11.2 Å². The lowest BCUT2D eigenvalue weighted by molar-refractivity contribution is -0.162. The summed E-state index contributed by atoms with van der Waals surface area (Å²) < 4.78 is 42.7. The number of fused-ring (bicyclic) bond motifs is 4. The molecule has 1 fully saturated rings. The lowest BCUT2D eigenvalue weighted by Crippen LogP contribution is -2.31. The highest BCUT2D eigenvalue weighted by Crippen LogP contribution is 2.59. The first kappa shape index (κ1) is 16.1. The molecule has 3 N–H and O–H groups in total. The minimum absolute atomic E-state index is 0.0888. The van der Waals surface area contributed by atoms with E-state index in [1.165, 1.54) is 6.20 Å². The molecule has 3 aromatic rings. The lowest BCUT2D eigenvalue weighted by atomic mass is 9.98. The first-order chi connectivity index (χ1) is 12.3. The van der Waals surface area contributed by atoms with E-state index in [2.05, 4.69) is 15.2 Å². The SMILES string of the molecule is N[C@@H]1Cc2cc(Cl)c3[nH]ncc3c2Cn2c(C3(C(F)(F)F)CC3)cnc21. The van der Waals surface area contributed by atoms with Gasteiger partial charge in [-0.2, -0.15) is 18.3 Å². The van der Waals surface area contributed by atoms with E-state index in [9.17, 15) is 13.2 Å². The van der Waals surface area contributed by atoms with Gasteiger partial charge in [-0.15, -0.1) is 0 Å². The molecule has 2 aliphatic rings. The summed E-state index contributed by atoms with van der Waals surface area (Å²) in [6.07, 6.45) is -0.649. The fourth-order valence-corrected chi connectivity index (χ4v) is 4.36. The highest BCUT2D eigenvalue weighted by Gasteiger charge is 2.66. The summed E-state index contributed by atoms with van der Waals surface area (Å²) in [5.41, 5.74) is 7.18. The van der Waals surface area contributed by atoms with Crippen LogP contribution >= 0.6 is 11.6 Å². The number of hydrogen-bond acceptors (Lipinski definition) is 3. The van der Waals surface area contributed by atoms with Crippen LogP contribution < -0.4 is 5.73 Å². The highest BCUT2D eigenvalue weighted by atomic mass is 35.5. The number of aromatic amines is 1. The Labute approximate surface area is 151 Å². The molecular weight excluding hydrogens is 367 g/mol. The summed E-state index contributed by atoms with van der Waals surface area (Å²) in [7, 11) is 0. The summed E-state index contributed by atoms with van der Waals surface area (Å²) in [6, 6.07) is 1.33. The number of halogens is 4. The van der Waals surface area contributed by atoms with Crippen LogP contribution in [-0.4, -0.2) is 25.9 Å². The van der Waals surface area contributed by atoms with E-state index in [0.29, 0.717) is 22.8 Å². The number of benzene rings is 1. The largest absolute Gasteiger partial charge is 0.399 e. The Morgan fingerprint density at radius 1 is 1.31 bits per heavy atom. The van der Waals surface area contributed by atoms with E-state index in [1.807, 2.05) is 6.07 Å². The van der Waals surface area contributed by atoms with Crippen molar-refractivity contribution in [2.75, 3.05) is 0 Å². The first-order valence-corrected chi connectivity index (χ1v) is 8.71. The van der Waals surface area contributed by atoms with Crippen molar-refractivity contribution in [2.24, 2.45) is 5.73 Å². The van der Waals surface area contributed by atoms with Crippen LogP contribution in [0.1, 0.15) is 41.5 Å². The van der Waals surface area contributed by atoms with Gasteiger partial charge in [-0.3, -0.25) is 5.10 Å². The number of imidazole rings is 1. The van der Waals surface area contributed by atoms with E-state index in [4.69, 9.17) is 17.3 Å². The Morgan fingerprint density at radius 2 is 2.08 bits per heavy atom. The Hall–Kier alpha value is -2.06. The second-order valence-corrected chi connectivity index (χ2v) is 7.54. The molecule has 0 bridgehead atoms. The highest BCUT2D eigenvalue weighted by molar-refractivity contribution is 6.35. The van der Waals surface area contributed by atoms with Gasteiger partial charge in [0.15, 0.2) is 0 Å². The number of nitrogens with one attached hydrogen (secondary N) is 1. The van der Waals surface area contributed by atoms with Crippen molar-refractivity contribution < 1.29 is 13.2 Å². The van der Waals surface area contributed by atoms with Crippen LogP contribution in [0.4, 0.5) is 13.2 Å². The molecule has 5 rings (SSSR count). The van der Waals surface area contributed by atoms with Crippen LogP contribution in [0.5, 0.6) is 0 Å². The second kappa shape index (κ2) is 5.01. The maximum Gasteiger partial charge on any atom is 0.399 e. The molecule has 0 amide bonds. The number of rotatable bonds is 1. The molecule has 26 heavy (non-hydrogen) atoms. The number of aromatic nitrogens is 4. The van der Waals surface area contributed by atoms with Crippen molar-refractivity contribution in [3.05, 3.63) is 46.1 Å². The number of nitrogens with two attached hydrogens (primary N) is 1. The van der Waals surface area contributed by atoms with Crippen LogP contribution in [0.3, 0.4) is 0 Å². The summed E-state index contributed by atoms with van der Waals surface area (Å²) in [4.78, 5) is 4.27. The predicted molar refractivity (Wildman–Crippen MR) is 90.0 cm³/mol. The van der Waals surface area contributed by atoms with Crippen molar-refractivity contribution in [2.45, 2.75) is 43.4 Å². The standard InChI is InChI=1S/C17H15ClF3N5/c18-11-3-8-4-12(22)15-23-6-13(16(1-2-16)17(19,20)21)26(15)7-10(8)9-5-24-25-14(9)11/h3,5-6,12H,1-2,4,7,22H2,(H,24,25)/t12-/m1/s1. The molecule has 1 atom stereocenters. The van der Waals surface area contributed by atoms with Crippen molar-refractivity contribution in [1.82, 2.24) is 19.7 Å². The van der Waals surface area contributed by atoms with Gasteiger partial charge in [0.05, 0.1) is 35.0 Å². The molecule has 5 nitrogen and oxygen atoms in total. The Bertz CT molecular complexity index is 1030. The number of hydrogen-bond donors (Lipinski definition) is 2. The molecule has 1 aliphatic carbocycles. The summed E-state index contributed by atoms with van der Waals surface area (Å²) in [5, 5.41) is 8.23. The smallest absolute Gasteiger partial charge is 0.325 e. The Balaban J connectivity index is 1.73. The quantitative estimate of drug-likeness (QED) is 0.676. The molecule has 1 aromatic carbocycles. The van der Waals surface area contributed by atoms with Crippen molar-refractivity contribution in [3.63, 3.8) is 0 Å². The van der Waals surface area contributed by atoms with Gasteiger partial charge < -0.3 is 10.3 Å². The Kier molecular flexibility index (Phi) is 3.11. The second-order valence-electron chi connectivity index (χ2n) is 7.13. The summed E-state index contributed by atoms with van der Waals surface area (Å²) in [5.74, 6) is 0.486. The molecular formula is C17H15ClF3N5. The fourth-order valence-electron chi connectivity index (χ4n) is 4.08. The summed E-state index contributed by atoms with van der Waals surface area (Å²) >= 11 is 6.31. The zero-order chi connectivity index (χ0) is 18.3. The van der Waals surface area contributed by atoms with Crippen LogP contribution in [0, 0.1) is 0 Å².